The Balaban J connectivity index is 1.43. The molecular weight excluding hydrogens is 450 g/mol. The first-order valence-corrected chi connectivity index (χ1v) is 10.2. The van der Waals surface area contributed by atoms with Gasteiger partial charge in [-0.05, 0) is 53.4 Å². The fourth-order valence-electron chi connectivity index (χ4n) is 3.33. The predicted octanol–water partition coefficient (Wildman–Crippen LogP) is 5.18. The molecule has 0 fully saturated rings. The van der Waals surface area contributed by atoms with Crippen LogP contribution in [0.1, 0.15) is 21.6 Å². The quantitative estimate of drug-likeness (QED) is 0.301. The van der Waals surface area contributed by atoms with Crippen molar-refractivity contribution >= 4 is 17.3 Å². The molecule has 0 atom stereocenters. The molecule has 0 saturated carbocycles. The predicted molar refractivity (Wildman–Crippen MR) is 119 cm³/mol. The molecule has 0 radical (unpaired) electrons. The Hall–Kier alpha value is -4.21. The summed E-state index contributed by atoms with van der Waals surface area (Å²) in [7, 11) is 0. The SMILES string of the molecule is Nc1ccc(-c2ccc(F)cc2)cc1NC(=O)c1cn(CCc2cccc(C(F)(F)F)c2)nn1. The lowest BCUT2D eigenvalue weighted by Crippen LogP contribution is -2.14. The Morgan fingerprint density at radius 2 is 1.74 bits per heavy atom. The number of amides is 1. The molecule has 0 aliphatic rings. The molecule has 4 aromatic rings. The van der Waals surface area contributed by atoms with Gasteiger partial charge in [-0.15, -0.1) is 5.10 Å². The highest BCUT2D eigenvalue weighted by Crippen LogP contribution is 2.30. The Kier molecular flexibility index (Phi) is 6.31. The van der Waals surface area contributed by atoms with Gasteiger partial charge in [0.05, 0.1) is 23.1 Å². The first-order chi connectivity index (χ1) is 16.2. The lowest BCUT2D eigenvalue weighted by atomic mass is 10.0. The molecule has 0 saturated heterocycles. The number of carbonyl (C=O) groups is 1. The van der Waals surface area contributed by atoms with Gasteiger partial charge in [0.1, 0.15) is 5.82 Å². The molecule has 0 aliphatic heterocycles. The van der Waals surface area contributed by atoms with Gasteiger partial charge in [0.15, 0.2) is 5.69 Å². The van der Waals surface area contributed by atoms with Crippen molar-refractivity contribution in [2.24, 2.45) is 0 Å². The van der Waals surface area contributed by atoms with Gasteiger partial charge < -0.3 is 11.1 Å². The van der Waals surface area contributed by atoms with Crippen molar-refractivity contribution in [3.63, 3.8) is 0 Å². The monoisotopic (exact) mass is 469 g/mol. The zero-order valence-corrected chi connectivity index (χ0v) is 17.7. The summed E-state index contributed by atoms with van der Waals surface area (Å²) in [6.45, 7) is 0.240. The molecule has 3 N–H and O–H groups in total. The van der Waals surface area contributed by atoms with E-state index in [2.05, 4.69) is 15.6 Å². The highest BCUT2D eigenvalue weighted by Gasteiger charge is 2.30. The third-order valence-electron chi connectivity index (χ3n) is 5.13. The maximum atomic E-state index is 13.2. The Labute approximate surface area is 192 Å². The van der Waals surface area contributed by atoms with E-state index in [1.165, 1.54) is 29.1 Å². The average molecular weight is 469 g/mol. The third-order valence-corrected chi connectivity index (χ3v) is 5.13. The molecule has 1 aromatic heterocycles. The molecule has 10 heteroatoms. The van der Waals surface area contributed by atoms with Gasteiger partial charge in [-0.3, -0.25) is 9.48 Å². The van der Waals surface area contributed by atoms with Crippen LogP contribution in [-0.4, -0.2) is 20.9 Å². The first-order valence-electron chi connectivity index (χ1n) is 10.2. The summed E-state index contributed by atoms with van der Waals surface area (Å²) < 4.78 is 53.2. The van der Waals surface area contributed by atoms with Gasteiger partial charge in [0, 0.05) is 6.54 Å². The highest BCUT2D eigenvalue weighted by molar-refractivity contribution is 6.04. The number of benzene rings is 3. The summed E-state index contributed by atoms with van der Waals surface area (Å²) in [5.41, 5.74) is 7.94. The van der Waals surface area contributed by atoms with Crippen LogP contribution in [0.2, 0.25) is 0 Å². The van der Waals surface area contributed by atoms with E-state index in [9.17, 15) is 22.4 Å². The lowest BCUT2D eigenvalue weighted by molar-refractivity contribution is -0.137. The minimum atomic E-state index is -4.41. The number of rotatable bonds is 6. The van der Waals surface area contributed by atoms with Crippen molar-refractivity contribution in [1.29, 1.82) is 0 Å². The summed E-state index contributed by atoms with van der Waals surface area (Å²) in [4.78, 5) is 12.6. The highest BCUT2D eigenvalue weighted by atomic mass is 19.4. The molecule has 1 heterocycles. The zero-order chi connectivity index (χ0) is 24.3. The number of halogens is 4. The van der Waals surface area contributed by atoms with Crippen molar-refractivity contribution in [2.75, 3.05) is 11.1 Å². The van der Waals surface area contributed by atoms with Crippen LogP contribution in [0.4, 0.5) is 28.9 Å². The second-order valence-electron chi connectivity index (χ2n) is 7.58. The summed E-state index contributed by atoms with van der Waals surface area (Å²) in [6.07, 6.45) is -2.73. The smallest absolute Gasteiger partial charge is 0.397 e. The maximum Gasteiger partial charge on any atom is 0.416 e. The van der Waals surface area contributed by atoms with E-state index in [1.54, 1.807) is 36.4 Å². The van der Waals surface area contributed by atoms with Gasteiger partial charge in [0.2, 0.25) is 0 Å². The summed E-state index contributed by atoms with van der Waals surface area (Å²) in [5, 5.41) is 10.4. The van der Waals surface area contributed by atoms with Gasteiger partial charge in [0.25, 0.3) is 5.91 Å². The molecule has 6 nitrogen and oxygen atoms in total. The normalized spacial score (nSPS) is 11.4. The molecular formula is C24H19F4N5O. The largest absolute Gasteiger partial charge is 0.416 e. The number of alkyl halides is 3. The standard InChI is InChI=1S/C24H19F4N5O/c25-19-7-4-16(5-8-19)17-6-9-20(29)21(13-17)30-23(34)22-14-33(32-31-22)11-10-15-2-1-3-18(12-15)24(26,27)28/h1-9,12-14H,10-11,29H2,(H,30,34). The molecule has 0 spiro atoms. The van der Waals surface area contributed by atoms with E-state index in [-0.39, 0.29) is 24.5 Å². The van der Waals surface area contributed by atoms with Gasteiger partial charge in [-0.25, -0.2) is 4.39 Å². The second kappa shape index (κ2) is 9.34. The number of nitrogens with one attached hydrogen (secondary N) is 1. The summed E-state index contributed by atoms with van der Waals surface area (Å²) >= 11 is 0. The van der Waals surface area contributed by atoms with Crippen molar-refractivity contribution in [1.82, 2.24) is 15.0 Å². The molecule has 0 bridgehead atoms. The van der Waals surface area contributed by atoms with Crippen molar-refractivity contribution in [3.05, 3.63) is 95.6 Å². The van der Waals surface area contributed by atoms with Crippen molar-refractivity contribution in [2.45, 2.75) is 19.1 Å². The molecule has 1 amide bonds. The van der Waals surface area contributed by atoms with Crippen LogP contribution in [-0.2, 0) is 19.1 Å². The van der Waals surface area contributed by atoms with E-state index in [0.717, 1.165) is 23.3 Å². The molecule has 3 aromatic carbocycles. The Morgan fingerprint density at radius 1 is 1.00 bits per heavy atom. The number of hydrogen-bond acceptors (Lipinski definition) is 4. The van der Waals surface area contributed by atoms with E-state index >= 15 is 0 Å². The third kappa shape index (κ3) is 5.40. The number of nitrogen functional groups attached to an aromatic ring is 1. The number of hydrogen-bond donors (Lipinski definition) is 2. The fourth-order valence-corrected chi connectivity index (χ4v) is 3.33. The molecule has 0 unspecified atom stereocenters. The van der Waals surface area contributed by atoms with E-state index in [4.69, 9.17) is 5.73 Å². The molecule has 174 valence electrons. The fraction of sp³-hybridized carbons (Fsp3) is 0.125. The molecule has 4 rings (SSSR count). The number of aromatic nitrogens is 3. The zero-order valence-electron chi connectivity index (χ0n) is 17.7. The van der Waals surface area contributed by atoms with Crippen LogP contribution < -0.4 is 11.1 Å². The molecule has 0 aliphatic carbocycles. The van der Waals surface area contributed by atoms with Crippen molar-refractivity contribution < 1.29 is 22.4 Å². The molecule has 34 heavy (non-hydrogen) atoms. The minimum Gasteiger partial charge on any atom is -0.397 e. The van der Waals surface area contributed by atoms with Crippen LogP contribution in [0.15, 0.2) is 72.9 Å². The van der Waals surface area contributed by atoms with E-state index in [1.807, 2.05) is 0 Å². The Morgan fingerprint density at radius 3 is 2.47 bits per heavy atom. The van der Waals surface area contributed by atoms with E-state index < -0.39 is 17.6 Å². The van der Waals surface area contributed by atoms with Gasteiger partial charge in [-0.1, -0.05) is 41.6 Å². The number of anilines is 2. The number of nitrogens with zero attached hydrogens (tertiary/aromatic N) is 3. The van der Waals surface area contributed by atoms with Crippen LogP contribution in [0.5, 0.6) is 0 Å². The van der Waals surface area contributed by atoms with Crippen LogP contribution in [0.3, 0.4) is 0 Å². The van der Waals surface area contributed by atoms with Crippen LogP contribution >= 0.6 is 0 Å². The van der Waals surface area contributed by atoms with Gasteiger partial charge in [-0.2, -0.15) is 13.2 Å². The van der Waals surface area contributed by atoms with Crippen LogP contribution in [0.25, 0.3) is 11.1 Å². The second-order valence-corrected chi connectivity index (χ2v) is 7.58. The average Bonchev–Trinajstić information content (AvgIpc) is 3.29. The Bertz CT molecular complexity index is 1320. The summed E-state index contributed by atoms with van der Waals surface area (Å²) in [6, 6.07) is 16.0. The number of aryl methyl sites for hydroxylation is 2. The van der Waals surface area contributed by atoms with Crippen molar-refractivity contribution in [3.8, 4) is 11.1 Å². The number of carbonyl (C=O) groups excluding carboxylic acids is 1. The van der Waals surface area contributed by atoms with E-state index in [0.29, 0.717) is 16.9 Å². The minimum absolute atomic E-state index is 0.0237. The van der Waals surface area contributed by atoms with Crippen LogP contribution in [0, 0.1) is 5.82 Å². The first kappa shape index (κ1) is 23.0. The number of nitrogens with two attached hydrogens (primary N) is 1. The van der Waals surface area contributed by atoms with Gasteiger partial charge >= 0.3 is 6.18 Å². The topological polar surface area (TPSA) is 85.8 Å². The summed E-state index contributed by atoms with van der Waals surface area (Å²) in [5.74, 6) is -0.905. The maximum absolute atomic E-state index is 13.2. The lowest BCUT2D eigenvalue weighted by Gasteiger charge is -2.10.